The molecule has 0 spiro atoms. The number of phenols is 1. The molecule has 0 unspecified atom stereocenters. The van der Waals surface area contributed by atoms with Crippen molar-refractivity contribution in [2.24, 2.45) is 10.2 Å². The van der Waals surface area contributed by atoms with Crippen LogP contribution in [0.3, 0.4) is 0 Å². The van der Waals surface area contributed by atoms with Gasteiger partial charge in [-0.1, -0.05) is 38.1 Å². The lowest BCUT2D eigenvalue weighted by Gasteiger charge is -2.19. The lowest BCUT2D eigenvalue weighted by Crippen LogP contribution is -2.28. The highest BCUT2D eigenvalue weighted by molar-refractivity contribution is 6.00. The van der Waals surface area contributed by atoms with Crippen LogP contribution in [-0.4, -0.2) is 36.2 Å². The van der Waals surface area contributed by atoms with E-state index in [9.17, 15) is 5.11 Å². The van der Waals surface area contributed by atoms with Crippen molar-refractivity contribution in [1.82, 2.24) is 4.90 Å². The fraction of sp³-hybridized carbons (Fsp3) is 0.273. The first-order valence-electron chi connectivity index (χ1n) is 9.40. The van der Waals surface area contributed by atoms with Crippen LogP contribution in [0.25, 0.3) is 10.8 Å². The first-order valence-corrected chi connectivity index (χ1v) is 9.40. The van der Waals surface area contributed by atoms with Gasteiger partial charge in [0.1, 0.15) is 5.75 Å². The molecule has 0 saturated heterocycles. The summed E-state index contributed by atoms with van der Waals surface area (Å²) in [4.78, 5) is 2.40. The van der Waals surface area contributed by atoms with Crippen LogP contribution in [0.2, 0.25) is 0 Å². The highest BCUT2D eigenvalue weighted by Gasteiger charge is 2.06. The Morgan fingerprint density at radius 1 is 0.852 bits per heavy atom. The van der Waals surface area contributed by atoms with Crippen molar-refractivity contribution >= 4 is 27.8 Å². The maximum Gasteiger partial charge on any atom is 0.115 e. The van der Waals surface area contributed by atoms with E-state index in [2.05, 4.69) is 52.5 Å². The average molecular weight is 362 g/mol. The zero-order valence-corrected chi connectivity index (χ0v) is 15.9. The van der Waals surface area contributed by atoms with E-state index in [4.69, 9.17) is 0 Å². The molecular formula is C22H26N4O. The Morgan fingerprint density at radius 2 is 1.56 bits per heavy atom. The molecule has 0 aromatic heterocycles. The van der Waals surface area contributed by atoms with E-state index in [1.807, 2.05) is 18.2 Å². The van der Waals surface area contributed by atoms with Crippen molar-refractivity contribution in [3.63, 3.8) is 0 Å². The van der Waals surface area contributed by atoms with Crippen LogP contribution in [0, 0.1) is 0 Å². The molecule has 0 aliphatic heterocycles. The van der Waals surface area contributed by atoms with Crippen molar-refractivity contribution in [3.05, 3.63) is 60.7 Å². The molecule has 0 amide bonds. The minimum atomic E-state index is 0.222. The number of nitrogens with zero attached hydrogens (tertiary/aromatic N) is 3. The molecule has 0 bridgehead atoms. The molecule has 3 aromatic rings. The van der Waals surface area contributed by atoms with Crippen LogP contribution in [0.15, 0.2) is 70.9 Å². The molecular weight excluding hydrogens is 336 g/mol. The summed E-state index contributed by atoms with van der Waals surface area (Å²) in [6, 6.07) is 19.0. The van der Waals surface area contributed by atoms with Gasteiger partial charge >= 0.3 is 0 Å². The Labute approximate surface area is 160 Å². The number of fused-ring (bicyclic) bond motifs is 1. The Hall–Kier alpha value is -2.92. The number of anilines is 1. The third-order valence-electron chi connectivity index (χ3n) is 4.66. The molecule has 3 aromatic carbocycles. The predicted octanol–water partition coefficient (Wildman–Crippen LogP) is 5.71. The van der Waals surface area contributed by atoms with Crippen molar-refractivity contribution in [2.45, 2.75) is 13.8 Å². The van der Waals surface area contributed by atoms with Crippen molar-refractivity contribution < 1.29 is 5.11 Å². The number of hydrogen-bond donors (Lipinski definition) is 2. The van der Waals surface area contributed by atoms with E-state index < -0.39 is 0 Å². The van der Waals surface area contributed by atoms with Gasteiger partial charge in [-0.05, 0) is 49.5 Å². The van der Waals surface area contributed by atoms with E-state index in [1.165, 1.54) is 0 Å². The van der Waals surface area contributed by atoms with Gasteiger partial charge in [-0.3, -0.25) is 0 Å². The molecule has 5 heteroatoms. The van der Waals surface area contributed by atoms with Gasteiger partial charge in [0.2, 0.25) is 0 Å². The third kappa shape index (κ3) is 4.83. The second-order valence-electron chi connectivity index (χ2n) is 6.35. The minimum absolute atomic E-state index is 0.222. The lowest BCUT2D eigenvalue weighted by molar-refractivity contribution is 0.316. The van der Waals surface area contributed by atoms with E-state index >= 15 is 0 Å². The quantitative estimate of drug-likeness (QED) is 0.504. The van der Waals surface area contributed by atoms with Crippen LogP contribution in [0.5, 0.6) is 5.75 Å². The largest absolute Gasteiger partial charge is 0.508 e. The second kappa shape index (κ2) is 9.14. The van der Waals surface area contributed by atoms with Gasteiger partial charge in [0, 0.05) is 29.5 Å². The molecule has 2 N–H and O–H groups in total. The summed E-state index contributed by atoms with van der Waals surface area (Å²) in [6.45, 7) is 8.42. The monoisotopic (exact) mass is 362 g/mol. The second-order valence-corrected chi connectivity index (χ2v) is 6.35. The fourth-order valence-electron chi connectivity index (χ4n) is 3.04. The number of benzene rings is 3. The molecule has 3 rings (SSSR count). The lowest BCUT2D eigenvalue weighted by atomic mass is 10.1. The van der Waals surface area contributed by atoms with Gasteiger partial charge in [0.05, 0.1) is 11.4 Å². The summed E-state index contributed by atoms with van der Waals surface area (Å²) in [7, 11) is 0. The smallest absolute Gasteiger partial charge is 0.115 e. The molecule has 0 fully saturated rings. The van der Waals surface area contributed by atoms with Crippen LogP contribution in [-0.2, 0) is 0 Å². The van der Waals surface area contributed by atoms with Crippen LogP contribution >= 0.6 is 0 Å². The van der Waals surface area contributed by atoms with Crippen molar-refractivity contribution in [1.29, 1.82) is 0 Å². The molecule has 0 aliphatic rings. The molecule has 140 valence electrons. The number of hydrogen-bond acceptors (Lipinski definition) is 5. The van der Waals surface area contributed by atoms with Gasteiger partial charge in [0.15, 0.2) is 0 Å². The Morgan fingerprint density at radius 3 is 2.26 bits per heavy atom. The van der Waals surface area contributed by atoms with E-state index in [-0.39, 0.29) is 5.75 Å². The van der Waals surface area contributed by atoms with Crippen LogP contribution < -0.4 is 5.32 Å². The highest BCUT2D eigenvalue weighted by atomic mass is 16.3. The summed E-state index contributed by atoms with van der Waals surface area (Å²) < 4.78 is 0. The minimum Gasteiger partial charge on any atom is -0.508 e. The van der Waals surface area contributed by atoms with Crippen molar-refractivity contribution in [2.75, 3.05) is 31.5 Å². The Balaban J connectivity index is 1.81. The number of rotatable bonds is 8. The standard InChI is InChI=1S/C22H26N4O/c1-3-26(4-2)16-15-23-21-13-14-22(20-8-6-5-7-19(20)21)25-24-17-9-11-18(27)12-10-17/h5-14,23,27H,3-4,15-16H2,1-2H3. The molecule has 0 radical (unpaired) electrons. The first-order chi connectivity index (χ1) is 13.2. The molecule has 0 atom stereocenters. The number of azo groups is 1. The number of phenolic OH excluding ortho intramolecular Hbond substituents is 1. The fourth-order valence-corrected chi connectivity index (χ4v) is 3.04. The van der Waals surface area contributed by atoms with Crippen molar-refractivity contribution in [3.8, 4) is 5.75 Å². The summed E-state index contributed by atoms with van der Waals surface area (Å²) >= 11 is 0. The molecule has 0 heterocycles. The number of aromatic hydroxyl groups is 1. The number of nitrogens with one attached hydrogen (secondary N) is 1. The van der Waals surface area contributed by atoms with Gasteiger partial charge in [-0.25, -0.2) is 0 Å². The molecule has 0 aliphatic carbocycles. The van der Waals surface area contributed by atoms with E-state index in [1.54, 1.807) is 24.3 Å². The van der Waals surface area contributed by atoms with Gasteiger partial charge in [-0.15, -0.1) is 5.11 Å². The van der Waals surface area contributed by atoms with E-state index in [0.29, 0.717) is 5.69 Å². The third-order valence-corrected chi connectivity index (χ3v) is 4.66. The maximum absolute atomic E-state index is 9.37. The maximum atomic E-state index is 9.37. The van der Waals surface area contributed by atoms with Gasteiger partial charge < -0.3 is 15.3 Å². The Bertz CT molecular complexity index is 902. The summed E-state index contributed by atoms with van der Waals surface area (Å²) in [6.07, 6.45) is 0. The summed E-state index contributed by atoms with van der Waals surface area (Å²) in [5, 5.41) is 23.8. The molecule has 27 heavy (non-hydrogen) atoms. The Kier molecular flexibility index (Phi) is 6.39. The average Bonchev–Trinajstić information content (AvgIpc) is 2.71. The zero-order valence-electron chi connectivity index (χ0n) is 15.9. The number of likely N-dealkylation sites (N-methyl/N-ethyl adjacent to an activating group) is 1. The zero-order chi connectivity index (χ0) is 19.1. The molecule has 5 nitrogen and oxygen atoms in total. The normalized spacial score (nSPS) is 11.5. The van der Waals surface area contributed by atoms with Crippen LogP contribution in [0.1, 0.15) is 13.8 Å². The van der Waals surface area contributed by atoms with Crippen LogP contribution in [0.4, 0.5) is 17.1 Å². The SMILES string of the molecule is CCN(CC)CCNc1ccc(N=Nc2ccc(O)cc2)c2ccccc12. The predicted molar refractivity (Wildman–Crippen MR) is 113 cm³/mol. The topological polar surface area (TPSA) is 60.2 Å². The van der Waals surface area contributed by atoms with Gasteiger partial charge in [0.25, 0.3) is 0 Å². The summed E-state index contributed by atoms with van der Waals surface area (Å²) in [5.41, 5.74) is 2.65. The molecule has 0 saturated carbocycles. The first kappa shape index (κ1) is 18.9. The van der Waals surface area contributed by atoms with E-state index in [0.717, 1.165) is 48.3 Å². The van der Waals surface area contributed by atoms with Gasteiger partial charge in [-0.2, -0.15) is 5.11 Å². The highest BCUT2D eigenvalue weighted by Crippen LogP contribution is 2.33. The summed E-state index contributed by atoms with van der Waals surface area (Å²) in [5.74, 6) is 0.222.